The highest BCUT2D eigenvalue weighted by atomic mass is 16.5. The van der Waals surface area contributed by atoms with Crippen molar-refractivity contribution in [1.29, 1.82) is 0 Å². The Labute approximate surface area is 124 Å². The molecule has 0 atom stereocenters. The van der Waals surface area contributed by atoms with Gasteiger partial charge >= 0.3 is 0 Å². The van der Waals surface area contributed by atoms with Gasteiger partial charge < -0.3 is 15.4 Å². The highest BCUT2D eigenvalue weighted by molar-refractivity contribution is 5.78. The van der Waals surface area contributed by atoms with Crippen molar-refractivity contribution in [3.05, 3.63) is 53.7 Å². The Morgan fingerprint density at radius 2 is 1.86 bits per heavy atom. The van der Waals surface area contributed by atoms with Crippen molar-refractivity contribution < 1.29 is 9.53 Å². The number of hydrogen-bond donors (Lipinski definition) is 2. The number of hydrogen-bond acceptors (Lipinski definition) is 4. The van der Waals surface area contributed by atoms with Gasteiger partial charge in [0.1, 0.15) is 0 Å². The molecule has 0 bridgehead atoms. The molecule has 0 saturated carbocycles. The van der Waals surface area contributed by atoms with Gasteiger partial charge in [-0.3, -0.25) is 4.79 Å². The topological polar surface area (TPSA) is 63.2 Å². The molecular weight excluding hydrogens is 266 g/mol. The number of benzene rings is 1. The fourth-order valence-electron chi connectivity index (χ4n) is 1.85. The van der Waals surface area contributed by atoms with Gasteiger partial charge in [0.2, 0.25) is 11.8 Å². The van der Waals surface area contributed by atoms with Crippen LogP contribution in [0.25, 0.3) is 0 Å². The average molecular weight is 285 g/mol. The fraction of sp³-hybridized carbons (Fsp3) is 0.250. The van der Waals surface area contributed by atoms with Gasteiger partial charge in [-0.1, -0.05) is 18.2 Å². The molecule has 0 unspecified atom stereocenters. The molecule has 1 amide bonds. The molecule has 0 fully saturated rings. The molecule has 2 N–H and O–H groups in total. The third-order valence-corrected chi connectivity index (χ3v) is 3.10. The van der Waals surface area contributed by atoms with E-state index in [1.54, 1.807) is 20.4 Å². The number of ether oxygens (including phenoxy) is 1. The van der Waals surface area contributed by atoms with Gasteiger partial charge in [-0.2, -0.15) is 0 Å². The molecule has 110 valence electrons. The second-order valence-corrected chi connectivity index (χ2v) is 4.61. The smallest absolute Gasteiger partial charge is 0.224 e. The summed E-state index contributed by atoms with van der Waals surface area (Å²) in [5.74, 6) is 0.623. The lowest BCUT2D eigenvalue weighted by molar-refractivity contribution is -0.119. The molecule has 0 spiro atoms. The number of nitrogens with zero attached hydrogens (tertiary/aromatic N) is 1. The maximum absolute atomic E-state index is 11.3. The van der Waals surface area contributed by atoms with Gasteiger partial charge in [0.05, 0.1) is 13.5 Å². The molecule has 1 aromatic heterocycles. The van der Waals surface area contributed by atoms with Crippen LogP contribution in [-0.4, -0.2) is 25.0 Å². The summed E-state index contributed by atoms with van der Waals surface area (Å²) in [5, 5.41) is 5.92. The summed E-state index contributed by atoms with van der Waals surface area (Å²) in [4.78, 5) is 15.4. The zero-order chi connectivity index (χ0) is 15.1. The predicted octanol–water partition coefficient (Wildman–Crippen LogP) is 1.99. The zero-order valence-electron chi connectivity index (χ0n) is 12.2. The lowest BCUT2D eigenvalue weighted by Crippen LogP contribution is -2.19. The molecule has 2 aromatic rings. The van der Waals surface area contributed by atoms with Crippen LogP contribution in [-0.2, 0) is 17.8 Å². The van der Waals surface area contributed by atoms with Crippen LogP contribution in [0.4, 0.5) is 5.69 Å². The van der Waals surface area contributed by atoms with Gasteiger partial charge in [0.25, 0.3) is 0 Å². The molecule has 2 rings (SSSR count). The Kier molecular flexibility index (Phi) is 5.15. The van der Waals surface area contributed by atoms with Gasteiger partial charge in [0, 0.05) is 31.5 Å². The van der Waals surface area contributed by atoms with Crippen LogP contribution in [0.1, 0.15) is 11.1 Å². The summed E-state index contributed by atoms with van der Waals surface area (Å²) in [7, 11) is 3.24. The second-order valence-electron chi connectivity index (χ2n) is 4.61. The molecule has 0 saturated heterocycles. The molecule has 21 heavy (non-hydrogen) atoms. The lowest BCUT2D eigenvalue weighted by Gasteiger charge is -2.08. The van der Waals surface area contributed by atoms with E-state index in [1.165, 1.54) is 0 Å². The first-order valence-electron chi connectivity index (χ1n) is 6.73. The molecule has 1 aromatic carbocycles. The first kappa shape index (κ1) is 14.8. The average Bonchev–Trinajstić information content (AvgIpc) is 2.54. The van der Waals surface area contributed by atoms with Crippen molar-refractivity contribution in [1.82, 2.24) is 10.3 Å². The predicted molar refractivity (Wildman–Crippen MR) is 82.3 cm³/mol. The van der Waals surface area contributed by atoms with E-state index in [-0.39, 0.29) is 5.91 Å². The van der Waals surface area contributed by atoms with E-state index in [2.05, 4.69) is 15.6 Å². The number of anilines is 1. The molecule has 0 aliphatic heterocycles. The minimum absolute atomic E-state index is 0.0139. The van der Waals surface area contributed by atoms with Crippen LogP contribution in [0.2, 0.25) is 0 Å². The Morgan fingerprint density at radius 3 is 2.43 bits per heavy atom. The van der Waals surface area contributed by atoms with Crippen molar-refractivity contribution in [2.75, 3.05) is 19.5 Å². The Balaban J connectivity index is 1.89. The Bertz CT molecular complexity index is 579. The van der Waals surface area contributed by atoms with Crippen LogP contribution in [0.15, 0.2) is 42.6 Å². The summed E-state index contributed by atoms with van der Waals surface area (Å²) in [5.41, 5.74) is 3.07. The standard InChI is InChI=1S/C16H19N3O2/c1-17-15(20)9-12-3-6-14(7-4-12)18-10-13-5-8-16(21-2)19-11-13/h3-8,11,18H,9-10H2,1-2H3,(H,17,20). The van der Waals surface area contributed by atoms with Gasteiger partial charge in [-0.25, -0.2) is 4.98 Å². The summed E-state index contributed by atoms with van der Waals surface area (Å²) < 4.78 is 5.02. The van der Waals surface area contributed by atoms with Gasteiger partial charge in [0.15, 0.2) is 0 Å². The van der Waals surface area contributed by atoms with Crippen molar-refractivity contribution in [3.63, 3.8) is 0 Å². The normalized spacial score (nSPS) is 10.0. The minimum atomic E-state index is 0.0139. The minimum Gasteiger partial charge on any atom is -0.481 e. The monoisotopic (exact) mass is 285 g/mol. The summed E-state index contributed by atoms with van der Waals surface area (Å²) in [6, 6.07) is 11.6. The zero-order valence-corrected chi connectivity index (χ0v) is 12.2. The quantitative estimate of drug-likeness (QED) is 0.852. The van der Waals surface area contributed by atoms with E-state index in [0.29, 0.717) is 18.8 Å². The van der Waals surface area contributed by atoms with E-state index < -0.39 is 0 Å². The maximum atomic E-state index is 11.3. The number of methoxy groups -OCH3 is 1. The number of rotatable bonds is 6. The first-order valence-corrected chi connectivity index (χ1v) is 6.73. The van der Waals surface area contributed by atoms with E-state index in [0.717, 1.165) is 16.8 Å². The Morgan fingerprint density at radius 1 is 1.14 bits per heavy atom. The maximum Gasteiger partial charge on any atom is 0.224 e. The number of amides is 1. The number of aromatic nitrogens is 1. The third-order valence-electron chi connectivity index (χ3n) is 3.10. The number of likely N-dealkylation sites (N-methyl/N-ethyl adjacent to an activating group) is 1. The van der Waals surface area contributed by atoms with Crippen molar-refractivity contribution in [3.8, 4) is 5.88 Å². The van der Waals surface area contributed by atoms with Crippen molar-refractivity contribution in [2.24, 2.45) is 0 Å². The van der Waals surface area contributed by atoms with Crippen molar-refractivity contribution >= 4 is 11.6 Å². The molecule has 0 aliphatic carbocycles. The Hall–Kier alpha value is -2.56. The summed E-state index contributed by atoms with van der Waals surface area (Å²) in [6.07, 6.45) is 2.19. The lowest BCUT2D eigenvalue weighted by atomic mass is 10.1. The largest absolute Gasteiger partial charge is 0.481 e. The van der Waals surface area contributed by atoms with E-state index >= 15 is 0 Å². The number of carbonyl (C=O) groups is 1. The number of carbonyl (C=O) groups excluding carboxylic acids is 1. The highest BCUT2D eigenvalue weighted by Crippen LogP contribution is 2.12. The summed E-state index contributed by atoms with van der Waals surface area (Å²) in [6.45, 7) is 0.686. The van der Waals surface area contributed by atoms with Gasteiger partial charge in [-0.15, -0.1) is 0 Å². The SMILES string of the molecule is CNC(=O)Cc1ccc(NCc2ccc(OC)nc2)cc1. The fourth-order valence-corrected chi connectivity index (χ4v) is 1.85. The number of nitrogens with one attached hydrogen (secondary N) is 2. The molecule has 5 nitrogen and oxygen atoms in total. The third kappa shape index (κ3) is 4.49. The van der Waals surface area contributed by atoms with Crippen LogP contribution < -0.4 is 15.4 Å². The van der Waals surface area contributed by atoms with Crippen LogP contribution >= 0.6 is 0 Å². The first-order chi connectivity index (χ1) is 10.2. The highest BCUT2D eigenvalue weighted by Gasteiger charge is 2.01. The van der Waals surface area contributed by atoms with Crippen LogP contribution in [0.5, 0.6) is 5.88 Å². The van der Waals surface area contributed by atoms with Crippen LogP contribution in [0.3, 0.4) is 0 Å². The van der Waals surface area contributed by atoms with Gasteiger partial charge in [-0.05, 0) is 23.3 Å². The molecule has 5 heteroatoms. The van der Waals surface area contributed by atoms with E-state index in [9.17, 15) is 4.79 Å². The summed E-state index contributed by atoms with van der Waals surface area (Å²) >= 11 is 0. The molecule has 0 aliphatic rings. The molecular formula is C16H19N3O2. The number of pyridine rings is 1. The van der Waals surface area contributed by atoms with Crippen LogP contribution in [0, 0.1) is 0 Å². The molecule has 0 radical (unpaired) electrons. The van der Waals surface area contributed by atoms with E-state index in [1.807, 2.05) is 36.4 Å². The molecule has 1 heterocycles. The second kappa shape index (κ2) is 7.28. The van der Waals surface area contributed by atoms with E-state index in [4.69, 9.17) is 4.74 Å². The van der Waals surface area contributed by atoms with Crippen molar-refractivity contribution in [2.45, 2.75) is 13.0 Å².